The number of nitrogens with zero attached hydrogens (tertiary/aromatic N) is 6. The molecule has 41 heavy (non-hydrogen) atoms. The van der Waals surface area contributed by atoms with Gasteiger partial charge in [-0.25, -0.2) is 9.55 Å². The van der Waals surface area contributed by atoms with Crippen molar-refractivity contribution in [3.8, 4) is 22.8 Å². The summed E-state index contributed by atoms with van der Waals surface area (Å²) in [4.78, 5) is 32.6. The molecule has 2 atom stereocenters. The second-order valence-corrected chi connectivity index (χ2v) is 10.6. The van der Waals surface area contributed by atoms with Crippen LogP contribution in [0.4, 0.5) is 0 Å². The van der Waals surface area contributed by atoms with Crippen molar-refractivity contribution < 1.29 is 4.57 Å². The number of nitrogens with one attached hydrogen (secondary N) is 2. The van der Waals surface area contributed by atoms with Crippen LogP contribution in [0.1, 0.15) is 23.5 Å². The number of hydrogen-bond acceptors (Lipinski definition) is 5. The van der Waals surface area contributed by atoms with Crippen LogP contribution in [0.5, 0.6) is 0 Å². The Morgan fingerprint density at radius 3 is 1.76 bits per heavy atom. The maximum absolute atomic E-state index is 5.14. The van der Waals surface area contributed by atoms with Gasteiger partial charge in [-0.05, 0) is 12.1 Å². The summed E-state index contributed by atoms with van der Waals surface area (Å²) in [6, 6.07) is 24.6. The van der Waals surface area contributed by atoms with Gasteiger partial charge in [-0.3, -0.25) is 0 Å². The van der Waals surface area contributed by atoms with Gasteiger partial charge in [0.25, 0.3) is 5.82 Å². The number of benzene rings is 3. The van der Waals surface area contributed by atoms with Gasteiger partial charge in [0.1, 0.15) is 22.6 Å². The van der Waals surface area contributed by atoms with Crippen molar-refractivity contribution in [1.82, 2.24) is 34.9 Å². The van der Waals surface area contributed by atoms with Crippen LogP contribution in [-0.2, 0) is 7.05 Å². The van der Waals surface area contributed by atoms with Gasteiger partial charge in [0.2, 0.25) is 17.5 Å². The Labute approximate surface area is 233 Å². The van der Waals surface area contributed by atoms with Gasteiger partial charge in [-0.15, -0.1) is 0 Å². The van der Waals surface area contributed by atoms with Crippen LogP contribution in [0, 0.1) is 0 Å². The molecule has 2 aliphatic heterocycles. The van der Waals surface area contributed by atoms with E-state index in [0.717, 1.165) is 72.7 Å². The van der Waals surface area contributed by atoms with E-state index in [1.807, 2.05) is 43.4 Å². The van der Waals surface area contributed by atoms with E-state index < -0.39 is 0 Å². The molecule has 0 spiro atoms. The minimum Gasteiger partial charge on any atom is -0.324 e. The fraction of sp³-hybridized carbons (Fsp3) is 0.0909. The van der Waals surface area contributed by atoms with E-state index in [1.165, 1.54) is 0 Å². The standard InChI is InChI=1S/C33H22N8/c1-41-32-24-16-8-6-14-22(24)30(39-32)37-28-20-12-4-2-10-18(20)26(35-28)34-27-19-11-3-5-13-21(19)29(36-27)38-31-23-15-7-9-17-25(23)33(41)40-31/h2-17,22,24H,1H3,(H,35,36,40)/p+1. The number of aromatic amines is 2. The molecular weight excluding hydrogens is 508 g/mol. The molecule has 3 aromatic carbocycles. The third-order valence-electron chi connectivity index (χ3n) is 8.26. The topological polar surface area (TPSA) is 99.9 Å². The first-order valence-electron chi connectivity index (χ1n) is 13.7. The van der Waals surface area contributed by atoms with Gasteiger partial charge in [0, 0.05) is 21.5 Å². The first-order chi connectivity index (χ1) is 20.2. The van der Waals surface area contributed by atoms with Crippen molar-refractivity contribution in [1.29, 1.82) is 0 Å². The average Bonchev–Trinajstić information content (AvgIpc) is 3.76. The lowest BCUT2D eigenvalue weighted by molar-refractivity contribution is -0.673. The Balaban J connectivity index is 1.51. The van der Waals surface area contributed by atoms with Crippen LogP contribution in [0.2, 0.25) is 0 Å². The Bertz CT molecular complexity index is 2310. The highest BCUT2D eigenvalue weighted by Crippen LogP contribution is 2.39. The molecule has 8 heteroatoms. The quantitative estimate of drug-likeness (QED) is 0.235. The molecule has 1 aliphatic carbocycles. The van der Waals surface area contributed by atoms with Gasteiger partial charge < -0.3 is 9.97 Å². The SMILES string of the molecule is C[n+]1c2nc(nc3[nH]c(nc4[nH]c(nc5nc1C1C=CC=CC51)c1ccccc41)c1ccccc31)-c1ccccc1-2. The minimum absolute atomic E-state index is 0.0236. The normalized spacial score (nSPS) is 17.2. The zero-order valence-electron chi connectivity index (χ0n) is 22.1. The Morgan fingerprint density at radius 1 is 0.561 bits per heavy atom. The van der Waals surface area contributed by atoms with E-state index in [1.54, 1.807) is 0 Å². The molecule has 194 valence electrons. The second kappa shape index (κ2) is 8.25. The molecule has 8 bridgehead atoms. The van der Waals surface area contributed by atoms with Crippen LogP contribution in [-0.4, -0.2) is 34.9 Å². The lowest BCUT2D eigenvalue weighted by Crippen LogP contribution is -2.37. The van der Waals surface area contributed by atoms with Crippen LogP contribution in [0.25, 0.3) is 66.9 Å². The molecule has 0 saturated carbocycles. The van der Waals surface area contributed by atoms with Crippen LogP contribution in [0.3, 0.4) is 0 Å². The summed E-state index contributed by atoms with van der Waals surface area (Å²) < 4.78 is 2.10. The number of hydrogen-bond donors (Lipinski definition) is 2. The van der Waals surface area contributed by atoms with E-state index in [-0.39, 0.29) is 11.8 Å². The van der Waals surface area contributed by atoms with E-state index in [2.05, 4.69) is 75.2 Å². The molecular formula is C33H23N8+. The van der Waals surface area contributed by atoms with Crippen molar-refractivity contribution in [2.75, 3.05) is 0 Å². The summed E-state index contributed by atoms with van der Waals surface area (Å²) in [6.07, 6.45) is 8.54. The van der Waals surface area contributed by atoms with Crippen molar-refractivity contribution in [2.24, 2.45) is 7.05 Å². The molecule has 9 rings (SSSR count). The molecule has 6 aromatic rings. The Morgan fingerprint density at radius 2 is 1.10 bits per heavy atom. The first-order valence-corrected chi connectivity index (χ1v) is 13.7. The highest BCUT2D eigenvalue weighted by atomic mass is 15.1. The molecule has 2 N–H and O–H groups in total. The van der Waals surface area contributed by atoms with Crippen molar-refractivity contribution in [3.05, 3.63) is 109 Å². The molecule has 5 heterocycles. The summed E-state index contributed by atoms with van der Waals surface area (Å²) >= 11 is 0. The lowest BCUT2D eigenvalue weighted by atomic mass is 9.89. The summed E-state index contributed by atoms with van der Waals surface area (Å²) in [5.41, 5.74) is 4.94. The number of fused-ring (bicyclic) bond motifs is 20. The van der Waals surface area contributed by atoms with Crippen molar-refractivity contribution in [2.45, 2.75) is 11.8 Å². The fourth-order valence-corrected chi connectivity index (χ4v) is 6.28. The van der Waals surface area contributed by atoms with Gasteiger partial charge in [-0.1, -0.05) is 94.9 Å². The lowest BCUT2D eigenvalue weighted by Gasteiger charge is -2.12. The number of aromatic nitrogens is 8. The van der Waals surface area contributed by atoms with Gasteiger partial charge in [0.15, 0.2) is 0 Å². The van der Waals surface area contributed by atoms with Crippen LogP contribution < -0.4 is 4.57 Å². The molecule has 8 nitrogen and oxygen atoms in total. The predicted octanol–water partition coefficient (Wildman–Crippen LogP) is 5.96. The zero-order valence-corrected chi connectivity index (χ0v) is 22.1. The summed E-state index contributed by atoms with van der Waals surface area (Å²) in [7, 11) is 2.04. The summed E-state index contributed by atoms with van der Waals surface area (Å²) in [6.45, 7) is 0. The Hall–Kier alpha value is -5.50. The largest absolute Gasteiger partial charge is 0.324 e. The highest BCUT2D eigenvalue weighted by molar-refractivity contribution is 6.07. The van der Waals surface area contributed by atoms with E-state index in [4.69, 9.17) is 24.9 Å². The third kappa shape index (κ3) is 3.21. The van der Waals surface area contributed by atoms with Crippen molar-refractivity contribution in [3.63, 3.8) is 0 Å². The maximum Gasteiger partial charge on any atom is 0.273 e. The number of H-pyrrole nitrogens is 2. The molecule has 0 saturated heterocycles. The smallest absolute Gasteiger partial charge is 0.273 e. The molecule has 2 unspecified atom stereocenters. The summed E-state index contributed by atoms with van der Waals surface area (Å²) in [5, 5.41) is 3.97. The first kappa shape index (κ1) is 22.3. The second-order valence-electron chi connectivity index (χ2n) is 10.6. The van der Waals surface area contributed by atoms with E-state index >= 15 is 0 Å². The number of allylic oxidation sites excluding steroid dienone is 4. The maximum atomic E-state index is 5.14. The van der Waals surface area contributed by atoms with Gasteiger partial charge >= 0.3 is 0 Å². The van der Waals surface area contributed by atoms with Crippen LogP contribution in [0.15, 0.2) is 97.1 Å². The van der Waals surface area contributed by atoms with Crippen molar-refractivity contribution >= 4 is 44.1 Å². The van der Waals surface area contributed by atoms with Gasteiger partial charge in [0.05, 0.1) is 30.0 Å². The highest BCUT2D eigenvalue weighted by Gasteiger charge is 2.39. The van der Waals surface area contributed by atoms with E-state index in [9.17, 15) is 0 Å². The Kier molecular flexibility index (Phi) is 4.49. The van der Waals surface area contributed by atoms with Crippen LogP contribution >= 0.6 is 0 Å². The molecule has 3 aliphatic rings. The van der Waals surface area contributed by atoms with Gasteiger partial charge in [-0.2, -0.15) is 9.97 Å². The molecule has 0 amide bonds. The van der Waals surface area contributed by atoms with E-state index in [0.29, 0.717) is 5.82 Å². The molecule has 3 aromatic heterocycles. The summed E-state index contributed by atoms with van der Waals surface area (Å²) in [5.74, 6) is 3.22. The minimum atomic E-state index is 0.0236. The zero-order chi connectivity index (χ0) is 27.1. The third-order valence-corrected chi connectivity index (χ3v) is 8.26. The average molecular weight is 532 g/mol. The monoisotopic (exact) mass is 531 g/mol. The fourth-order valence-electron chi connectivity index (χ4n) is 6.28. The predicted molar refractivity (Wildman–Crippen MR) is 159 cm³/mol. The molecule has 0 radical (unpaired) electrons. The molecule has 0 fully saturated rings. The number of rotatable bonds is 0.